The molecule has 17 heavy (non-hydrogen) atoms. The monoisotopic (exact) mass is 226 g/mol. The van der Waals surface area contributed by atoms with Crippen LogP contribution in [0.4, 0.5) is 0 Å². The Balaban J connectivity index is 2.08. The van der Waals surface area contributed by atoms with Gasteiger partial charge in [0.2, 0.25) is 0 Å². The van der Waals surface area contributed by atoms with E-state index in [1.165, 1.54) is 12.0 Å². The Morgan fingerprint density at radius 1 is 0.882 bits per heavy atom. The minimum atomic E-state index is 0.612. The van der Waals surface area contributed by atoms with Crippen LogP contribution in [-0.2, 0) is 0 Å². The molecule has 0 spiro atoms. The summed E-state index contributed by atoms with van der Waals surface area (Å²) in [6.07, 6.45) is 1.17. The van der Waals surface area contributed by atoms with Crippen LogP contribution >= 0.6 is 0 Å². The molecule has 0 aliphatic rings. The predicted octanol–water partition coefficient (Wildman–Crippen LogP) is 4.99. The molecule has 1 atom stereocenters. The SMILES string of the molecule is CCC(C)c1ccc(Oc2ccccc2)cc1. The van der Waals surface area contributed by atoms with Gasteiger partial charge in [0.05, 0.1) is 0 Å². The second kappa shape index (κ2) is 5.53. The Bertz CT molecular complexity index is 445. The molecule has 0 N–H and O–H groups in total. The molecule has 0 aliphatic carbocycles. The Hall–Kier alpha value is -1.76. The van der Waals surface area contributed by atoms with Crippen LogP contribution in [0, 0.1) is 0 Å². The highest BCUT2D eigenvalue weighted by molar-refractivity contribution is 5.33. The first-order chi connectivity index (χ1) is 8.29. The fourth-order valence-electron chi connectivity index (χ4n) is 1.72. The molecule has 0 radical (unpaired) electrons. The van der Waals surface area contributed by atoms with Crippen LogP contribution in [0.5, 0.6) is 11.5 Å². The van der Waals surface area contributed by atoms with Crippen molar-refractivity contribution < 1.29 is 4.74 Å². The Labute approximate surface area is 103 Å². The molecule has 0 aromatic heterocycles. The maximum absolute atomic E-state index is 5.75. The molecule has 88 valence electrons. The minimum absolute atomic E-state index is 0.612. The highest BCUT2D eigenvalue weighted by atomic mass is 16.5. The summed E-state index contributed by atoms with van der Waals surface area (Å²) >= 11 is 0. The Morgan fingerprint density at radius 3 is 2.06 bits per heavy atom. The van der Waals surface area contributed by atoms with E-state index in [0.29, 0.717) is 5.92 Å². The van der Waals surface area contributed by atoms with Crippen LogP contribution in [0.25, 0.3) is 0 Å². The van der Waals surface area contributed by atoms with Gasteiger partial charge in [0.1, 0.15) is 11.5 Å². The molecular formula is C16H18O. The number of ether oxygens (including phenoxy) is 1. The maximum atomic E-state index is 5.75. The zero-order valence-corrected chi connectivity index (χ0v) is 10.4. The van der Waals surface area contributed by atoms with Crippen molar-refractivity contribution in [3.63, 3.8) is 0 Å². The van der Waals surface area contributed by atoms with E-state index < -0.39 is 0 Å². The second-order valence-corrected chi connectivity index (χ2v) is 4.29. The molecule has 0 saturated heterocycles. The lowest BCUT2D eigenvalue weighted by atomic mass is 9.99. The van der Waals surface area contributed by atoms with Gasteiger partial charge in [-0.15, -0.1) is 0 Å². The molecule has 0 heterocycles. The van der Waals surface area contributed by atoms with E-state index in [1.807, 2.05) is 42.5 Å². The van der Waals surface area contributed by atoms with Gasteiger partial charge in [-0.3, -0.25) is 0 Å². The third kappa shape index (κ3) is 3.10. The molecule has 2 aromatic rings. The first-order valence-electron chi connectivity index (χ1n) is 6.12. The summed E-state index contributed by atoms with van der Waals surface area (Å²) in [5.74, 6) is 2.38. The summed E-state index contributed by atoms with van der Waals surface area (Å²) in [6, 6.07) is 18.2. The molecule has 0 fully saturated rings. The number of hydrogen-bond donors (Lipinski definition) is 0. The van der Waals surface area contributed by atoms with Crippen molar-refractivity contribution in [1.29, 1.82) is 0 Å². The summed E-state index contributed by atoms with van der Waals surface area (Å²) in [5, 5.41) is 0. The first-order valence-corrected chi connectivity index (χ1v) is 6.12. The summed E-state index contributed by atoms with van der Waals surface area (Å²) in [4.78, 5) is 0. The molecular weight excluding hydrogens is 208 g/mol. The zero-order chi connectivity index (χ0) is 12.1. The molecule has 1 unspecified atom stereocenters. The van der Waals surface area contributed by atoms with Crippen molar-refractivity contribution >= 4 is 0 Å². The van der Waals surface area contributed by atoms with Crippen LogP contribution in [0.15, 0.2) is 54.6 Å². The van der Waals surface area contributed by atoms with Gasteiger partial charge in [0.25, 0.3) is 0 Å². The van der Waals surface area contributed by atoms with Gasteiger partial charge in [-0.05, 0) is 42.2 Å². The number of rotatable bonds is 4. The number of hydrogen-bond acceptors (Lipinski definition) is 1. The van der Waals surface area contributed by atoms with Crippen LogP contribution < -0.4 is 4.74 Å². The van der Waals surface area contributed by atoms with Crippen molar-refractivity contribution in [3.8, 4) is 11.5 Å². The third-order valence-electron chi connectivity index (χ3n) is 3.04. The third-order valence-corrected chi connectivity index (χ3v) is 3.04. The van der Waals surface area contributed by atoms with Crippen LogP contribution in [0.2, 0.25) is 0 Å². The van der Waals surface area contributed by atoms with Gasteiger partial charge in [-0.25, -0.2) is 0 Å². The standard InChI is InChI=1S/C16H18O/c1-3-13(2)14-9-11-16(12-10-14)17-15-7-5-4-6-8-15/h4-13H,3H2,1-2H3. The largest absolute Gasteiger partial charge is 0.457 e. The molecule has 0 bridgehead atoms. The fraction of sp³-hybridized carbons (Fsp3) is 0.250. The summed E-state index contributed by atoms with van der Waals surface area (Å²) < 4.78 is 5.75. The molecule has 0 aliphatic heterocycles. The van der Waals surface area contributed by atoms with Gasteiger partial charge in [-0.2, -0.15) is 0 Å². The lowest BCUT2D eigenvalue weighted by Crippen LogP contribution is -1.91. The van der Waals surface area contributed by atoms with E-state index in [1.54, 1.807) is 0 Å². The molecule has 1 nitrogen and oxygen atoms in total. The highest BCUT2D eigenvalue weighted by Crippen LogP contribution is 2.24. The van der Waals surface area contributed by atoms with Gasteiger partial charge in [0.15, 0.2) is 0 Å². The first kappa shape index (κ1) is 11.7. The second-order valence-electron chi connectivity index (χ2n) is 4.29. The Morgan fingerprint density at radius 2 is 1.47 bits per heavy atom. The Kier molecular flexibility index (Phi) is 3.81. The van der Waals surface area contributed by atoms with Crippen molar-refractivity contribution in [2.75, 3.05) is 0 Å². The average molecular weight is 226 g/mol. The highest BCUT2D eigenvalue weighted by Gasteiger charge is 2.03. The van der Waals surface area contributed by atoms with Crippen molar-refractivity contribution in [1.82, 2.24) is 0 Å². The number of para-hydroxylation sites is 1. The van der Waals surface area contributed by atoms with Gasteiger partial charge < -0.3 is 4.74 Å². The normalized spacial score (nSPS) is 12.1. The maximum Gasteiger partial charge on any atom is 0.127 e. The summed E-state index contributed by atoms with van der Waals surface area (Å²) in [5.41, 5.74) is 1.37. The van der Waals surface area contributed by atoms with Crippen molar-refractivity contribution in [3.05, 3.63) is 60.2 Å². The van der Waals surface area contributed by atoms with Gasteiger partial charge >= 0.3 is 0 Å². The lowest BCUT2D eigenvalue weighted by Gasteiger charge is -2.10. The average Bonchev–Trinajstić information content (AvgIpc) is 2.40. The van der Waals surface area contributed by atoms with E-state index in [-0.39, 0.29) is 0 Å². The van der Waals surface area contributed by atoms with E-state index in [2.05, 4.69) is 26.0 Å². The van der Waals surface area contributed by atoms with E-state index >= 15 is 0 Å². The minimum Gasteiger partial charge on any atom is -0.457 e. The smallest absolute Gasteiger partial charge is 0.127 e. The molecule has 2 rings (SSSR count). The summed E-state index contributed by atoms with van der Waals surface area (Å²) in [7, 11) is 0. The lowest BCUT2D eigenvalue weighted by molar-refractivity contribution is 0.482. The zero-order valence-electron chi connectivity index (χ0n) is 10.4. The van der Waals surface area contributed by atoms with E-state index in [0.717, 1.165) is 11.5 Å². The van der Waals surface area contributed by atoms with Gasteiger partial charge in [0, 0.05) is 0 Å². The van der Waals surface area contributed by atoms with E-state index in [4.69, 9.17) is 4.74 Å². The quantitative estimate of drug-likeness (QED) is 0.713. The molecule has 0 saturated carbocycles. The van der Waals surface area contributed by atoms with Crippen LogP contribution in [0.3, 0.4) is 0 Å². The van der Waals surface area contributed by atoms with Crippen molar-refractivity contribution in [2.45, 2.75) is 26.2 Å². The van der Waals surface area contributed by atoms with E-state index in [9.17, 15) is 0 Å². The van der Waals surface area contributed by atoms with Crippen LogP contribution in [0.1, 0.15) is 31.7 Å². The predicted molar refractivity (Wildman–Crippen MR) is 71.7 cm³/mol. The summed E-state index contributed by atoms with van der Waals surface area (Å²) in [6.45, 7) is 4.45. The van der Waals surface area contributed by atoms with Crippen LogP contribution in [-0.4, -0.2) is 0 Å². The molecule has 1 heteroatoms. The number of benzene rings is 2. The molecule has 0 amide bonds. The molecule has 2 aromatic carbocycles. The van der Waals surface area contributed by atoms with Gasteiger partial charge in [-0.1, -0.05) is 44.2 Å². The topological polar surface area (TPSA) is 9.23 Å². The van der Waals surface area contributed by atoms with Crippen molar-refractivity contribution in [2.24, 2.45) is 0 Å². The fourth-order valence-corrected chi connectivity index (χ4v) is 1.72.